The summed E-state index contributed by atoms with van der Waals surface area (Å²) in [6, 6.07) is 0. The molecule has 2 heterocycles. The Balaban J connectivity index is 1.40. The van der Waals surface area contributed by atoms with Gasteiger partial charge in [-0.05, 0) is 38.5 Å². The first kappa shape index (κ1) is 26.4. The normalized spacial score (nSPS) is 24.8. The lowest BCUT2D eigenvalue weighted by Crippen LogP contribution is -2.32. The van der Waals surface area contributed by atoms with Crippen molar-refractivity contribution in [2.75, 3.05) is 13.1 Å². The molecule has 4 heteroatoms. The quantitative estimate of drug-likeness (QED) is 0.137. The molecule has 0 N–H and O–H groups in total. The number of unbranched alkanes of at least 4 members (excludes halogenated alkanes) is 8. The van der Waals surface area contributed by atoms with E-state index in [1.165, 1.54) is 77.0 Å². The molecule has 4 atom stereocenters. The summed E-state index contributed by atoms with van der Waals surface area (Å²) in [7, 11) is 0. The molecular formula is C26H49NOS2. The fraction of sp³-hybridized carbons (Fsp3) is 0.962. The predicted molar refractivity (Wildman–Crippen MR) is 138 cm³/mol. The Bertz CT molecular complexity index is 450. The molecule has 0 bridgehead atoms. The maximum atomic E-state index is 12.5. The molecular weight excluding hydrogens is 406 g/mol. The Labute approximate surface area is 196 Å². The highest BCUT2D eigenvalue weighted by molar-refractivity contribution is 8.08. The lowest BCUT2D eigenvalue weighted by Gasteiger charge is -2.22. The standard InChI is InChI=1S/C26H49NOS2/c1-4-7-13-16-22-24(29-22)21-25-23(30-25)17-14-11-10-12-15-18-26(28)27(19-8-5-2)20-9-6-3/h22-25H,4-21H2,1-3H3/t22-,23-,24+,25+/m0/s1. The minimum Gasteiger partial charge on any atom is -0.343 e. The topological polar surface area (TPSA) is 20.3 Å². The zero-order chi connectivity index (χ0) is 21.6. The molecule has 30 heavy (non-hydrogen) atoms. The Hall–Kier alpha value is 0.170. The molecule has 2 fully saturated rings. The highest BCUT2D eigenvalue weighted by atomic mass is 32.2. The van der Waals surface area contributed by atoms with Gasteiger partial charge >= 0.3 is 0 Å². The third-order valence-corrected chi connectivity index (χ3v) is 9.67. The van der Waals surface area contributed by atoms with E-state index in [-0.39, 0.29) is 0 Å². The molecule has 2 aliphatic rings. The number of carbonyl (C=O) groups excluding carboxylic acids is 1. The average Bonchev–Trinajstić information content (AvgIpc) is 3.66. The van der Waals surface area contributed by atoms with E-state index in [1.807, 2.05) is 0 Å². The van der Waals surface area contributed by atoms with Gasteiger partial charge < -0.3 is 4.90 Å². The number of nitrogens with zero attached hydrogens (tertiary/aromatic N) is 1. The van der Waals surface area contributed by atoms with Crippen LogP contribution in [0.5, 0.6) is 0 Å². The molecule has 176 valence electrons. The predicted octanol–water partition coefficient (Wildman–Crippen LogP) is 8.08. The van der Waals surface area contributed by atoms with Gasteiger partial charge in [-0.2, -0.15) is 23.5 Å². The second kappa shape index (κ2) is 15.9. The lowest BCUT2D eigenvalue weighted by molar-refractivity contribution is -0.131. The van der Waals surface area contributed by atoms with Crippen LogP contribution in [0.1, 0.15) is 124 Å². The summed E-state index contributed by atoms with van der Waals surface area (Å²) < 4.78 is 0. The van der Waals surface area contributed by atoms with Crippen LogP contribution in [-0.2, 0) is 4.79 Å². The van der Waals surface area contributed by atoms with Gasteiger partial charge in [0.25, 0.3) is 0 Å². The first-order chi connectivity index (χ1) is 14.7. The van der Waals surface area contributed by atoms with Gasteiger partial charge in [-0.15, -0.1) is 0 Å². The second-order valence-corrected chi connectivity index (χ2v) is 12.5. The number of hydrogen-bond donors (Lipinski definition) is 0. The van der Waals surface area contributed by atoms with Gasteiger partial charge in [-0.3, -0.25) is 4.79 Å². The summed E-state index contributed by atoms with van der Waals surface area (Å²) in [6.45, 7) is 8.66. The van der Waals surface area contributed by atoms with Crippen molar-refractivity contribution in [1.29, 1.82) is 0 Å². The minimum absolute atomic E-state index is 0.403. The van der Waals surface area contributed by atoms with Crippen LogP contribution in [0.25, 0.3) is 0 Å². The molecule has 2 aliphatic heterocycles. The molecule has 0 aromatic carbocycles. The number of amides is 1. The van der Waals surface area contributed by atoms with Gasteiger partial charge in [0, 0.05) is 40.5 Å². The first-order valence-corrected chi connectivity index (χ1v) is 15.2. The van der Waals surface area contributed by atoms with Gasteiger partial charge in [-0.1, -0.05) is 78.6 Å². The van der Waals surface area contributed by atoms with E-state index >= 15 is 0 Å². The molecule has 0 spiro atoms. The van der Waals surface area contributed by atoms with E-state index < -0.39 is 0 Å². The maximum absolute atomic E-state index is 12.5. The van der Waals surface area contributed by atoms with E-state index in [9.17, 15) is 4.79 Å². The highest BCUT2D eigenvalue weighted by Crippen LogP contribution is 2.55. The van der Waals surface area contributed by atoms with Crippen LogP contribution in [0.2, 0.25) is 0 Å². The van der Waals surface area contributed by atoms with E-state index in [0.717, 1.165) is 59.8 Å². The van der Waals surface area contributed by atoms with Crippen molar-refractivity contribution < 1.29 is 4.79 Å². The van der Waals surface area contributed by atoms with E-state index in [1.54, 1.807) is 0 Å². The van der Waals surface area contributed by atoms with Crippen molar-refractivity contribution in [2.24, 2.45) is 0 Å². The Morgan fingerprint density at radius 1 is 0.633 bits per heavy atom. The SMILES string of the molecule is CCCCC[C@@H]1S[C@@H]1C[C@H]1S[C@H]1CCCCCCCC(=O)N(CCCC)CCCC. The Morgan fingerprint density at radius 2 is 1.13 bits per heavy atom. The van der Waals surface area contributed by atoms with E-state index in [4.69, 9.17) is 0 Å². The summed E-state index contributed by atoms with van der Waals surface area (Å²) in [5, 5.41) is 4.00. The number of carbonyl (C=O) groups is 1. The largest absolute Gasteiger partial charge is 0.343 e. The monoisotopic (exact) mass is 455 g/mol. The van der Waals surface area contributed by atoms with Crippen molar-refractivity contribution in [1.82, 2.24) is 4.90 Å². The minimum atomic E-state index is 0.403. The van der Waals surface area contributed by atoms with Gasteiger partial charge in [0.1, 0.15) is 0 Å². The molecule has 2 nitrogen and oxygen atoms in total. The summed E-state index contributed by atoms with van der Waals surface area (Å²) in [4.78, 5) is 14.6. The third kappa shape index (κ3) is 11.2. The molecule has 0 radical (unpaired) electrons. The van der Waals surface area contributed by atoms with Crippen LogP contribution in [0.15, 0.2) is 0 Å². The van der Waals surface area contributed by atoms with Gasteiger partial charge in [-0.25, -0.2) is 0 Å². The van der Waals surface area contributed by atoms with E-state index in [0.29, 0.717) is 5.91 Å². The van der Waals surface area contributed by atoms with Crippen molar-refractivity contribution in [2.45, 2.75) is 145 Å². The zero-order valence-corrected chi connectivity index (χ0v) is 21.8. The van der Waals surface area contributed by atoms with Crippen LogP contribution in [-0.4, -0.2) is 44.9 Å². The molecule has 1 amide bonds. The summed E-state index contributed by atoms with van der Waals surface area (Å²) in [5.41, 5.74) is 0. The van der Waals surface area contributed by atoms with Crippen molar-refractivity contribution in [3.8, 4) is 0 Å². The number of thioether (sulfide) groups is 2. The Kier molecular flexibility index (Phi) is 14.0. The summed E-state index contributed by atoms with van der Waals surface area (Å²) >= 11 is 4.52. The van der Waals surface area contributed by atoms with Crippen molar-refractivity contribution in [3.05, 3.63) is 0 Å². The smallest absolute Gasteiger partial charge is 0.222 e. The first-order valence-electron chi connectivity index (χ1n) is 13.3. The molecule has 0 aromatic heterocycles. The van der Waals surface area contributed by atoms with Crippen LogP contribution in [0.4, 0.5) is 0 Å². The fourth-order valence-electron chi connectivity index (χ4n) is 4.47. The molecule has 2 saturated heterocycles. The van der Waals surface area contributed by atoms with Crippen LogP contribution in [0.3, 0.4) is 0 Å². The van der Waals surface area contributed by atoms with Crippen LogP contribution in [0, 0.1) is 0 Å². The van der Waals surface area contributed by atoms with Crippen molar-refractivity contribution >= 4 is 29.4 Å². The second-order valence-electron chi connectivity index (χ2n) is 9.55. The number of rotatable bonds is 20. The van der Waals surface area contributed by atoms with Gasteiger partial charge in [0.2, 0.25) is 5.91 Å². The third-order valence-electron chi connectivity index (χ3n) is 6.73. The molecule has 0 saturated carbocycles. The average molecular weight is 456 g/mol. The van der Waals surface area contributed by atoms with E-state index in [2.05, 4.69) is 49.2 Å². The molecule has 0 unspecified atom stereocenters. The Morgan fingerprint density at radius 3 is 1.70 bits per heavy atom. The molecule has 0 aromatic rings. The highest BCUT2D eigenvalue weighted by Gasteiger charge is 2.46. The zero-order valence-electron chi connectivity index (χ0n) is 20.2. The lowest BCUT2D eigenvalue weighted by atomic mass is 10.0. The van der Waals surface area contributed by atoms with Gasteiger partial charge in [0.15, 0.2) is 0 Å². The van der Waals surface area contributed by atoms with Gasteiger partial charge in [0.05, 0.1) is 0 Å². The summed E-state index contributed by atoms with van der Waals surface area (Å²) in [6.07, 6.45) is 20.5. The van der Waals surface area contributed by atoms with Crippen molar-refractivity contribution in [3.63, 3.8) is 0 Å². The van der Waals surface area contributed by atoms with Crippen LogP contribution < -0.4 is 0 Å². The van der Waals surface area contributed by atoms with Crippen LogP contribution >= 0.6 is 23.5 Å². The molecule has 0 aliphatic carbocycles. The molecule has 2 rings (SSSR count). The summed E-state index contributed by atoms with van der Waals surface area (Å²) in [5.74, 6) is 0.403. The maximum Gasteiger partial charge on any atom is 0.222 e. The number of hydrogen-bond acceptors (Lipinski definition) is 3. The fourth-order valence-corrected chi connectivity index (χ4v) is 7.05.